The van der Waals surface area contributed by atoms with Gasteiger partial charge in [0.25, 0.3) is 0 Å². The van der Waals surface area contributed by atoms with Crippen LogP contribution in [0, 0.1) is 17.8 Å². The molecule has 6 heteroatoms. The lowest BCUT2D eigenvalue weighted by atomic mass is 9.52. The van der Waals surface area contributed by atoms with Gasteiger partial charge >= 0.3 is 0 Å². The number of aliphatic hydroxyl groups is 1. The quantitative estimate of drug-likeness (QED) is 0.628. The Balaban J connectivity index is 1.18. The van der Waals surface area contributed by atoms with E-state index >= 15 is 0 Å². The van der Waals surface area contributed by atoms with Gasteiger partial charge in [-0.2, -0.15) is 10.6 Å². The zero-order valence-electron chi connectivity index (χ0n) is 16.6. The topological polar surface area (TPSA) is 59.3 Å². The van der Waals surface area contributed by atoms with Crippen molar-refractivity contribution in [3.05, 3.63) is 46.2 Å². The van der Waals surface area contributed by atoms with Crippen LogP contribution in [0.2, 0.25) is 0 Å². The molecule has 0 saturated heterocycles. The molecule has 0 radical (unpaired) electrons. The van der Waals surface area contributed by atoms with Gasteiger partial charge in [0.1, 0.15) is 0 Å². The average molecular weight is 458 g/mol. The largest absolute Gasteiger partial charge is 0.393 e. The Morgan fingerprint density at radius 2 is 1.86 bits per heavy atom. The van der Waals surface area contributed by atoms with E-state index in [2.05, 4.69) is 50.4 Å². The van der Waals surface area contributed by atoms with Crippen LogP contribution in [-0.4, -0.2) is 26.5 Å². The van der Waals surface area contributed by atoms with Crippen LogP contribution < -0.4 is 5.48 Å². The van der Waals surface area contributed by atoms with Gasteiger partial charge in [0.2, 0.25) is 0 Å². The lowest BCUT2D eigenvalue weighted by Gasteiger charge is -2.58. The van der Waals surface area contributed by atoms with Gasteiger partial charge in [-0.3, -0.25) is 4.84 Å². The SMILES string of the molecule is O[C@H]1C2CC3CC1C[C@@](NOCc1cnn(-c4ccc(Br)cc4)c1C1CC1)(C3)C2. The summed E-state index contributed by atoms with van der Waals surface area (Å²) in [5.41, 5.74) is 7.14. The molecule has 2 aromatic rings. The van der Waals surface area contributed by atoms with Crippen molar-refractivity contribution < 1.29 is 9.94 Å². The number of nitrogens with zero attached hydrogens (tertiary/aromatic N) is 2. The second-order valence-electron chi connectivity index (χ2n) is 9.85. The van der Waals surface area contributed by atoms with Gasteiger partial charge < -0.3 is 5.11 Å². The van der Waals surface area contributed by atoms with E-state index in [4.69, 9.17) is 9.94 Å². The highest BCUT2D eigenvalue weighted by molar-refractivity contribution is 9.10. The Kier molecular flexibility index (Phi) is 4.42. The van der Waals surface area contributed by atoms with E-state index in [1.165, 1.54) is 43.4 Å². The summed E-state index contributed by atoms with van der Waals surface area (Å²) in [7, 11) is 0. The number of hydrogen-bond acceptors (Lipinski definition) is 4. The number of nitrogens with one attached hydrogen (secondary N) is 1. The maximum Gasteiger partial charge on any atom is 0.0966 e. The van der Waals surface area contributed by atoms with Crippen molar-refractivity contribution in [2.75, 3.05) is 0 Å². The lowest BCUT2D eigenvalue weighted by molar-refractivity contribution is -0.158. The van der Waals surface area contributed by atoms with Crippen molar-refractivity contribution >= 4 is 15.9 Å². The molecule has 5 aliphatic carbocycles. The predicted octanol–water partition coefficient (Wildman–Crippen LogP) is 4.47. The summed E-state index contributed by atoms with van der Waals surface area (Å²) in [6.45, 7) is 0.548. The van der Waals surface area contributed by atoms with Gasteiger partial charge in [-0.25, -0.2) is 4.68 Å². The standard InChI is InChI=1S/C23H28BrN3O2/c24-19-3-5-20(6-4-19)27-21(15-1-2-15)18(12-25-27)13-29-26-23-9-14-7-16(10-23)22(28)17(8-14)11-23/h3-6,12,14-17,22,26,28H,1-2,7-11,13H2/t14?,16?,17?,22-,23+. The monoisotopic (exact) mass is 457 g/mol. The maximum atomic E-state index is 10.5. The molecule has 5 fully saturated rings. The molecule has 5 aliphatic rings. The molecule has 2 unspecified atom stereocenters. The molecule has 1 aromatic carbocycles. The molecule has 1 aromatic heterocycles. The van der Waals surface area contributed by atoms with E-state index in [0.29, 0.717) is 24.4 Å². The summed E-state index contributed by atoms with van der Waals surface area (Å²) in [6.07, 6.45) is 10.0. The van der Waals surface area contributed by atoms with Crippen LogP contribution in [0.1, 0.15) is 62.1 Å². The Bertz CT molecular complexity index is 891. The Labute approximate surface area is 179 Å². The van der Waals surface area contributed by atoms with Gasteiger partial charge in [0.15, 0.2) is 0 Å². The van der Waals surface area contributed by atoms with Gasteiger partial charge in [-0.05, 0) is 87.0 Å². The molecule has 0 amide bonds. The Morgan fingerprint density at radius 1 is 1.14 bits per heavy atom. The van der Waals surface area contributed by atoms with Crippen molar-refractivity contribution in [1.29, 1.82) is 0 Å². The van der Waals surface area contributed by atoms with E-state index in [1.54, 1.807) is 0 Å². The van der Waals surface area contributed by atoms with Crippen LogP contribution in [0.3, 0.4) is 0 Å². The van der Waals surface area contributed by atoms with Crippen molar-refractivity contribution in [2.24, 2.45) is 17.8 Å². The number of rotatable bonds is 6. The molecule has 154 valence electrons. The second-order valence-corrected chi connectivity index (χ2v) is 10.8. The average Bonchev–Trinajstić information content (AvgIpc) is 3.46. The first-order valence-electron chi connectivity index (χ1n) is 11.0. The van der Waals surface area contributed by atoms with Gasteiger partial charge in [-0.15, -0.1) is 0 Å². The minimum Gasteiger partial charge on any atom is -0.393 e. The van der Waals surface area contributed by atoms with Crippen LogP contribution in [0.15, 0.2) is 34.9 Å². The van der Waals surface area contributed by atoms with Crippen LogP contribution >= 0.6 is 15.9 Å². The highest BCUT2D eigenvalue weighted by atomic mass is 79.9. The first-order valence-corrected chi connectivity index (χ1v) is 11.8. The van der Waals surface area contributed by atoms with E-state index < -0.39 is 0 Å². The summed E-state index contributed by atoms with van der Waals surface area (Å²) in [4.78, 5) is 6.13. The minimum atomic E-state index is -0.0907. The maximum absolute atomic E-state index is 10.5. The first kappa shape index (κ1) is 18.6. The number of aromatic nitrogens is 2. The van der Waals surface area contributed by atoms with Crippen molar-refractivity contribution in [1.82, 2.24) is 15.3 Å². The fourth-order valence-electron chi connectivity index (χ4n) is 6.47. The third kappa shape index (κ3) is 3.29. The molecule has 0 spiro atoms. The smallest absolute Gasteiger partial charge is 0.0966 e. The lowest BCUT2D eigenvalue weighted by Crippen LogP contribution is -2.62. The molecule has 1 heterocycles. The molecule has 2 atom stereocenters. The summed E-state index contributed by atoms with van der Waals surface area (Å²) in [5, 5.41) is 15.2. The van der Waals surface area contributed by atoms with Crippen LogP contribution in [-0.2, 0) is 11.4 Å². The summed E-state index contributed by atoms with van der Waals surface area (Å²) in [5.74, 6) is 2.27. The van der Waals surface area contributed by atoms with E-state index in [9.17, 15) is 5.11 Å². The van der Waals surface area contributed by atoms with Gasteiger partial charge in [0, 0.05) is 21.5 Å². The summed E-state index contributed by atoms with van der Waals surface area (Å²) in [6, 6.07) is 8.33. The molecule has 5 saturated carbocycles. The van der Waals surface area contributed by atoms with Crippen molar-refractivity contribution in [3.8, 4) is 5.69 Å². The van der Waals surface area contributed by atoms with Gasteiger partial charge in [0.05, 0.1) is 30.3 Å². The molecule has 7 rings (SSSR count). The van der Waals surface area contributed by atoms with Crippen LogP contribution in [0.4, 0.5) is 0 Å². The molecular formula is C23H28BrN3O2. The predicted molar refractivity (Wildman–Crippen MR) is 113 cm³/mol. The molecule has 29 heavy (non-hydrogen) atoms. The highest BCUT2D eigenvalue weighted by Gasteiger charge is 2.55. The van der Waals surface area contributed by atoms with E-state index in [0.717, 1.165) is 28.9 Å². The number of hydrogen-bond donors (Lipinski definition) is 2. The first-order chi connectivity index (χ1) is 14.1. The normalized spacial score (nSPS) is 35.4. The summed E-state index contributed by atoms with van der Waals surface area (Å²) >= 11 is 3.51. The van der Waals surface area contributed by atoms with Crippen LogP contribution in [0.5, 0.6) is 0 Å². The second kappa shape index (κ2) is 6.91. The third-order valence-corrected chi connectivity index (χ3v) is 8.19. The Hall–Kier alpha value is -1.21. The molecule has 0 aliphatic heterocycles. The number of hydroxylamine groups is 1. The molecule has 4 bridgehead atoms. The number of aliphatic hydroxyl groups excluding tert-OH is 1. The van der Waals surface area contributed by atoms with Crippen molar-refractivity contribution in [2.45, 2.75) is 69.1 Å². The zero-order chi connectivity index (χ0) is 19.6. The number of halogens is 1. The fraction of sp³-hybridized carbons (Fsp3) is 0.609. The summed E-state index contributed by atoms with van der Waals surface area (Å²) < 4.78 is 3.17. The van der Waals surface area contributed by atoms with Crippen molar-refractivity contribution in [3.63, 3.8) is 0 Å². The third-order valence-electron chi connectivity index (χ3n) is 7.66. The molecule has 2 N–H and O–H groups in total. The highest BCUT2D eigenvalue weighted by Crippen LogP contribution is 2.55. The fourth-order valence-corrected chi connectivity index (χ4v) is 6.74. The molecule has 5 nitrogen and oxygen atoms in total. The zero-order valence-corrected chi connectivity index (χ0v) is 18.1. The van der Waals surface area contributed by atoms with E-state index in [-0.39, 0.29) is 11.6 Å². The van der Waals surface area contributed by atoms with E-state index in [1.807, 2.05) is 6.20 Å². The van der Waals surface area contributed by atoms with Crippen LogP contribution in [0.25, 0.3) is 5.69 Å². The molecular weight excluding hydrogens is 430 g/mol. The minimum absolute atomic E-state index is 0.0666. The Morgan fingerprint density at radius 3 is 2.55 bits per heavy atom. The number of benzene rings is 1. The van der Waals surface area contributed by atoms with Gasteiger partial charge in [-0.1, -0.05) is 15.9 Å².